The van der Waals surface area contributed by atoms with E-state index in [1.807, 2.05) is 0 Å². The van der Waals surface area contributed by atoms with E-state index in [2.05, 4.69) is 4.72 Å². The molecule has 0 saturated heterocycles. The first-order valence-electron chi connectivity index (χ1n) is 6.08. The van der Waals surface area contributed by atoms with Crippen LogP contribution in [-0.4, -0.2) is 15.0 Å². The van der Waals surface area contributed by atoms with E-state index >= 15 is 0 Å². The molecule has 0 saturated carbocycles. The standard InChI is InChI=1S/C14H12ClF2NO2S/c15-12-5-2-6-13(14(12)17)21(19,20)18-8-7-10-3-1-4-11(16)9-10/h1-6,9,18H,7-8H2. The van der Waals surface area contributed by atoms with Crippen LogP contribution in [0, 0.1) is 11.6 Å². The molecular weight excluding hydrogens is 320 g/mol. The summed E-state index contributed by atoms with van der Waals surface area (Å²) >= 11 is 5.56. The molecule has 0 radical (unpaired) electrons. The van der Waals surface area contributed by atoms with E-state index in [4.69, 9.17) is 11.6 Å². The molecule has 0 heterocycles. The van der Waals surface area contributed by atoms with Crippen molar-refractivity contribution in [2.24, 2.45) is 0 Å². The summed E-state index contributed by atoms with van der Waals surface area (Å²) in [5.41, 5.74) is 0.643. The van der Waals surface area contributed by atoms with Crippen LogP contribution in [0.15, 0.2) is 47.4 Å². The Bertz CT molecular complexity index is 750. The van der Waals surface area contributed by atoms with Crippen molar-refractivity contribution in [1.29, 1.82) is 0 Å². The Kier molecular flexibility index (Phi) is 4.92. The van der Waals surface area contributed by atoms with Gasteiger partial charge in [0.2, 0.25) is 10.0 Å². The van der Waals surface area contributed by atoms with Gasteiger partial charge >= 0.3 is 0 Å². The lowest BCUT2D eigenvalue weighted by Crippen LogP contribution is -2.26. The summed E-state index contributed by atoms with van der Waals surface area (Å²) in [6.07, 6.45) is 0.291. The van der Waals surface area contributed by atoms with Gasteiger partial charge in [-0.15, -0.1) is 0 Å². The fourth-order valence-corrected chi connectivity index (χ4v) is 3.15. The molecule has 0 amide bonds. The third-order valence-corrected chi connectivity index (χ3v) is 4.57. The zero-order valence-corrected chi connectivity index (χ0v) is 12.4. The second-order valence-electron chi connectivity index (χ2n) is 4.33. The van der Waals surface area contributed by atoms with Crippen molar-refractivity contribution in [2.45, 2.75) is 11.3 Å². The van der Waals surface area contributed by atoms with Crippen LogP contribution < -0.4 is 4.72 Å². The van der Waals surface area contributed by atoms with Crippen LogP contribution in [0.2, 0.25) is 5.02 Å². The average Bonchev–Trinajstić information content (AvgIpc) is 2.41. The monoisotopic (exact) mass is 331 g/mol. The van der Waals surface area contributed by atoms with Crippen molar-refractivity contribution in [3.05, 3.63) is 64.7 Å². The van der Waals surface area contributed by atoms with Gasteiger partial charge in [0.15, 0.2) is 5.82 Å². The molecule has 0 aliphatic heterocycles. The van der Waals surface area contributed by atoms with E-state index in [9.17, 15) is 17.2 Å². The van der Waals surface area contributed by atoms with E-state index < -0.39 is 26.6 Å². The number of benzene rings is 2. The number of nitrogens with one attached hydrogen (secondary N) is 1. The van der Waals surface area contributed by atoms with Crippen molar-refractivity contribution >= 4 is 21.6 Å². The maximum atomic E-state index is 13.7. The van der Waals surface area contributed by atoms with Crippen LogP contribution in [0.4, 0.5) is 8.78 Å². The molecule has 2 rings (SSSR count). The normalized spacial score (nSPS) is 11.6. The van der Waals surface area contributed by atoms with Crippen molar-refractivity contribution in [3.8, 4) is 0 Å². The number of rotatable bonds is 5. The minimum absolute atomic E-state index is 0.0255. The Morgan fingerprint density at radius 3 is 2.52 bits per heavy atom. The molecule has 0 fully saturated rings. The first-order valence-corrected chi connectivity index (χ1v) is 7.94. The number of sulfonamides is 1. The first kappa shape index (κ1) is 15.9. The Morgan fingerprint density at radius 1 is 1.10 bits per heavy atom. The fourth-order valence-electron chi connectivity index (χ4n) is 1.79. The number of hydrogen-bond donors (Lipinski definition) is 1. The second kappa shape index (κ2) is 6.51. The van der Waals surface area contributed by atoms with Crippen molar-refractivity contribution in [1.82, 2.24) is 4.72 Å². The molecule has 0 aliphatic carbocycles. The van der Waals surface area contributed by atoms with Gasteiger partial charge in [-0.1, -0.05) is 29.8 Å². The Hall–Kier alpha value is -1.50. The van der Waals surface area contributed by atoms with Crippen LogP contribution in [0.25, 0.3) is 0 Å². The van der Waals surface area contributed by atoms with Crippen LogP contribution >= 0.6 is 11.6 Å². The van der Waals surface area contributed by atoms with Crippen molar-refractivity contribution in [2.75, 3.05) is 6.54 Å². The van der Waals surface area contributed by atoms with E-state index in [1.165, 1.54) is 30.3 Å². The number of hydrogen-bond acceptors (Lipinski definition) is 2. The molecule has 1 N–H and O–H groups in total. The van der Waals surface area contributed by atoms with E-state index in [0.717, 1.165) is 6.07 Å². The summed E-state index contributed by atoms with van der Waals surface area (Å²) in [7, 11) is -4.00. The summed E-state index contributed by atoms with van der Waals surface area (Å²) in [6.45, 7) is 0.0255. The highest BCUT2D eigenvalue weighted by atomic mass is 35.5. The zero-order valence-electron chi connectivity index (χ0n) is 10.8. The Labute approximate surface area is 126 Å². The third kappa shape index (κ3) is 4.00. The van der Waals surface area contributed by atoms with Gasteiger partial charge in [0, 0.05) is 6.54 Å². The molecule has 2 aromatic carbocycles. The molecule has 0 unspecified atom stereocenters. The third-order valence-electron chi connectivity index (χ3n) is 2.80. The van der Waals surface area contributed by atoms with Gasteiger partial charge in [0.25, 0.3) is 0 Å². The Balaban J connectivity index is 2.07. The maximum absolute atomic E-state index is 13.7. The molecule has 0 spiro atoms. The zero-order chi connectivity index (χ0) is 15.5. The second-order valence-corrected chi connectivity index (χ2v) is 6.47. The molecule has 0 aromatic heterocycles. The SMILES string of the molecule is O=S(=O)(NCCc1cccc(F)c1)c1cccc(Cl)c1F. The lowest BCUT2D eigenvalue weighted by Gasteiger charge is -2.08. The topological polar surface area (TPSA) is 46.2 Å². The van der Waals surface area contributed by atoms with Gasteiger partial charge in [0.1, 0.15) is 10.7 Å². The summed E-state index contributed by atoms with van der Waals surface area (Å²) in [4.78, 5) is -0.505. The summed E-state index contributed by atoms with van der Waals surface area (Å²) in [5, 5.41) is -0.261. The summed E-state index contributed by atoms with van der Waals surface area (Å²) in [5.74, 6) is -1.38. The van der Waals surface area contributed by atoms with Crippen molar-refractivity contribution in [3.63, 3.8) is 0 Å². The van der Waals surface area contributed by atoms with Gasteiger partial charge < -0.3 is 0 Å². The quantitative estimate of drug-likeness (QED) is 0.915. The highest BCUT2D eigenvalue weighted by molar-refractivity contribution is 7.89. The molecule has 3 nitrogen and oxygen atoms in total. The van der Waals surface area contributed by atoms with E-state index in [0.29, 0.717) is 12.0 Å². The summed E-state index contributed by atoms with van der Waals surface area (Å²) in [6, 6.07) is 9.58. The lowest BCUT2D eigenvalue weighted by atomic mass is 10.1. The van der Waals surface area contributed by atoms with Crippen molar-refractivity contribution < 1.29 is 17.2 Å². The van der Waals surface area contributed by atoms with Gasteiger partial charge in [-0.2, -0.15) is 0 Å². The van der Waals surface area contributed by atoms with E-state index in [1.54, 1.807) is 6.07 Å². The fraction of sp³-hybridized carbons (Fsp3) is 0.143. The summed E-state index contributed by atoms with van der Waals surface area (Å²) < 4.78 is 52.9. The largest absolute Gasteiger partial charge is 0.243 e. The minimum atomic E-state index is -4.00. The van der Waals surface area contributed by atoms with Gasteiger partial charge in [-0.3, -0.25) is 0 Å². The Morgan fingerprint density at radius 2 is 1.81 bits per heavy atom. The predicted octanol–water partition coefficient (Wildman–Crippen LogP) is 3.14. The highest BCUT2D eigenvalue weighted by Gasteiger charge is 2.20. The van der Waals surface area contributed by atoms with Gasteiger partial charge in [-0.25, -0.2) is 21.9 Å². The minimum Gasteiger partial charge on any atom is -0.211 e. The van der Waals surface area contributed by atoms with Crippen LogP contribution in [-0.2, 0) is 16.4 Å². The molecule has 112 valence electrons. The molecule has 0 bridgehead atoms. The van der Waals surface area contributed by atoms with E-state index in [-0.39, 0.29) is 11.6 Å². The maximum Gasteiger partial charge on any atom is 0.243 e. The molecule has 2 aromatic rings. The lowest BCUT2D eigenvalue weighted by molar-refractivity contribution is 0.557. The average molecular weight is 332 g/mol. The highest BCUT2D eigenvalue weighted by Crippen LogP contribution is 2.21. The predicted molar refractivity (Wildman–Crippen MR) is 76.7 cm³/mol. The van der Waals surface area contributed by atoms with Crippen LogP contribution in [0.3, 0.4) is 0 Å². The van der Waals surface area contributed by atoms with Gasteiger partial charge in [0.05, 0.1) is 5.02 Å². The molecular formula is C14H12ClF2NO2S. The van der Waals surface area contributed by atoms with Crippen LogP contribution in [0.5, 0.6) is 0 Å². The molecule has 0 aliphatic rings. The molecule has 0 atom stereocenters. The van der Waals surface area contributed by atoms with Crippen LogP contribution in [0.1, 0.15) is 5.56 Å². The molecule has 21 heavy (non-hydrogen) atoms. The number of halogens is 3. The smallest absolute Gasteiger partial charge is 0.211 e. The molecule has 7 heteroatoms. The first-order chi connectivity index (χ1) is 9.90. The van der Waals surface area contributed by atoms with Gasteiger partial charge in [-0.05, 0) is 36.2 Å².